The van der Waals surface area contributed by atoms with E-state index in [1.54, 1.807) is 6.92 Å². The maximum absolute atomic E-state index is 10.8. The number of cyclic esters (lactones) is 1. The third kappa shape index (κ3) is 2.77. The smallest absolute Gasteiger partial charge is 0.413 e. The van der Waals surface area contributed by atoms with Gasteiger partial charge in [0.2, 0.25) is 0 Å². The second-order valence-corrected chi connectivity index (χ2v) is 2.38. The van der Waals surface area contributed by atoms with Crippen molar-refractivity contribution in [3.05, 3.63) is 12.3 Å². The molecule has 0 aromatic rings. The highest BCUT2D eigenvalue weighted by atomic mass is 16.6. The van der Waals surface area contributed by atoms with E-state index < -0.39 is 12.1 Å². The van der Waals surface area contributed by atoms with E-state index in [4.69, 9.17) is 0 Å². The maximum atomic E-state index is 10.8. The van der Waals surface area contributed by atoms with Crippen molar-refractivity contribution >= 4 is 12.1 Å². The average Bonchev–Trinajstić information content (AvgIpc) is 2.48. The Morgan fingerprint density at radius 2 is 2.54 bits per heavy atom. The van der Waals surface area contributed by atoms with E-state index in [2.05, 4.69) is 9.47 Å². The molecule has 0 aromatic heterocycles. The van der Waals surface area contributed by atoms with Gasteiger partial charge in [0.1, 0.15) is 6.61 Å². The molecule has 1 saturated heterocycles. The SMILES string of the molecule is CCOC(=O)/C=C\N1CCOC1=O. The lowest BCUT2D eigenvalue weighted by Gasteiger charge is -2.03. The maximum Gasteiger partial charge on any atom is 0.413 e. The van der Waals surface area contributed by atoms with Crippen molar-refractivity contribution in [2.75, 3.05) is 19.8 Å². The first-order valence-electron chi connectivity index (χ1n) is 4.02. The van der Waals surface area contributed by atoms with Crippen LogP contribution in [0.4, 0.5) is 4.79 Å². The van der Waals surface area contributed by atoms with Gasteiger partial charge >= 0.3 is 12.1 Å². The Morgan fingerprint density at radius 3 is 3.08 bits per heavy atom. The minimum Gasteiger partial charge on any atom is -0.463 e. The van der Waals surface area contributed by atoms with Crippen LogP contribution in [0.15, 0.2) is 12.3 Å². The minimum atomic E-state index is -0.456. The van der Waals surface area contributed by atoms with Crippen LogP contribution in [0, 0.1) is 0 Å². The molecule has 0 aromatic carbocycles. The van der Waals surface area contributed by atoms with Crippen molar-refractivity contribution in [2.45, 2.75) is 6.92 Å². The van der Waals surface area contributed by atoms with Crippen LogP contribution in [-0.2, 0) is 14.3 Å². The lowest BCUT2D eigenvalue weighted by atomic mass is 10.5. The summed E-state index contributed by atoms with van der Waals surface area (Å²) in [6.07, 6.45) is 2.14. The molecule has 0 unspecified atom stereocenters. The topological polar surface area (TPSA) is 55.8 Å². The van der Waals surface area contributed by atoms with Crippen molar-refractivity contribution in [3.63, 3.8) is 0 Å². The molecule has 0 saturated carbocycles. The van der Waals surface area contributed by atoms with Crippen LogP contribution in [0.5, 0.6) is 0 Å². The number of hydrogen-bond acceptors (Lipinski definition) is 4. The molecule has 1 fully saturated rings. The second-order valence-electron chi connectivity index (χ2n) is 2.38. The molecule has 1 aliphatic heterocycles. The standard InChI is InChI=1S/C8H11NO4/c1-2-12-7(10)3-4-9-5-6-13-8(9)11/h3-4H,2,5-6H2,1H3/b4-3-. The van der Waals surface area contributed by atoms with Gasteiger partial charge < -0.3 is 9.47 Å². The largest absolute Gasteiger partial charge is 0.463 e. The van der Waals surface area contributed by atoms with Gasteiger partial charge in [0.05, 0.1) is 13.2 Å². The van der Waals surface area contributed by atoms with E-state index in [9.17, 15) is 9.59 Å². The van der Waals surface area contributed by atoms with Crippen LogP contribution in [-0.4, -0.2) is 36.7 Å². The van der Waals surface area contributed by atoms with Crippen LogP contribution in [0.3, 0.4) is 0 Å². The summed E-state index contributed by atoms with van der Waals surface area (Å²) in [5.74, 6) is -0.456. The number of esters is 1. The summed E-state index contributed by atoms with van der Waals surface area (Å²) in [5, 5.41) is 0. The Kier molecular flexibility index (Phi) is 3.31. The van der Waals surface area contributed by atoms with E-state index in [1.807, 2.05) is 0 Å². The van der Waals surface area contributed by atoms with Gasteiger partial charge in [0.15, 0.2) is 0 Å². The average molecular weight is 185 g/mol. The Morgan fingerprint density at radius 1 is 1.77 bits per heavy atom. The summed E-state index contributed by atoms with van der Waals surface area (Å²) >= 11 is 0. The molecule has 0 aliphatic carbocycles. The predicted molar refractivity (Wildman–Crippen MR) is 43.8 cm³/mol. The third-order valence-corrected chi connectivity index (χ3v) is 1.47. The molecule has 72 valence electrons. The zero-order chi connectivity index (χ0) is 9.68. The summed E-state index contributed by atoms with van der Waals surface area (Å²) in [6.45, 7) is 2.89. The molecule has 0 spiro atoms. The van der Waals surface area contributed by atoms with Crippen molar-refractivity contribution in [2.24, 2.45) is 0 Å². The van der Waals surface area contributed by atoms with Gasteiger partial charge in [-0.1, -0.05) is 0 Å². The van der Waals surface area contributed by atoms with E-state index >= 15 is 0 Å². The van der Waals surface area contributed by atoms with Crippen LogP contribution in [0.1, 0.15) is 6.92 Å². The van der Waals surface area contributed by atoms with E-state index in [0.717, 1.165) is 0 Å². The first-order chi connectivity index (χ1) is 6.24. The van der Waals surface area contributed by atoms with Crippen molar-refractivity contribution in [1.29, 1.82) is 0 Å². The van der Waals surface area contributed by atoms with Gasteiger partial charge in [-0.3, -0.25) is 4.90 Å². The van der Waals surface area contributed by atoms with Gasteiger partial charge in [0, 0.05) is 12.3 Å². The zero-order valence-corrected chi connectivity index (χ0v) is 7.36. The van der Waals surface area contributed by atoms with E-state index in [0.29, 0.717) is 19.8 Å². The minimum absolute atomic E-state index is 0.327. The summed E-state index contributed by atoms with van der Waals surface area (Å²) < 4.78 is 9.27. The van der Waals surface area contributed by atoms with Gasteiger partial charge in [-0.2, -0.15) is 0 Å². The first kappa shape index (κ1) is 9.57. The predicted octanol–water partition coefficient (Wildman–Crippen LogP) is 0.515. The van der Waals surface area contributed by atoms with E-state index in [-0.39, 0.29) is 0 Å². The fourth-order valence-corrected chi connectivity index (χ4v) is 0.882. The molecule has 5 nitrogen and oxygen atoms in total. The van der Waals surface area contributed by atoms with Crippen molar-refractivity contribution < 1.29 is 19.1 Å². The summed E-state index contributed by atoms with van der Waals surface area (Å²) in [6, 6.07) is 0. The van der Waals surface area contributed by atoms with Gasteiger partial charge in [0.25, 0.3) is 0 Å². The van der Waals surface area contributed by atoms with E-state index in [1.165, 1.54) is 17.2 Å². The number of hydrogen-bond donors (Lipinski definition) is 0. The van der Waals surface area contributed by atoms with Crippen LogP contribution >= 0.6 is 0 Å². The normalized spacial score (nSPS) is 16.4. The summed E-state index contributed by atoms with van der Waals surface area (Å²) in [4.78, 5) is 23.0. The molecule has 0 atom stereocenters. The number of amides is 1. The first-order valence-corrected chi connectivity index (χ1v) is 4.02. The second kappa shape index (κ2) is 4.49. The highest BCUT2D eigenvalue weighted by Crippen LogP contribution is 2.03. The number of carbonyl (C=O) groups is 2. The summed E-state index contributed by atoms with van der Waals surface area (Å²) in [7, 11) is 0. The monoisotopic (exact) mass is 185 g/mol. The highest BCUT2D eigenvalue weighted by molar-refractivity contribution is 5.82. The van der Waals surface area contributed by atoms with Crippen molar-refractivity contribution in [1.82, 2.24) is 4.90 Å². The Balaban J connectivity index is 2.38. The molecule has 1 amide bonds. The molecule has 0 bridgehead atoms. The van der Waals surface area contributed by atoms with Gasteiger partial charge in [-0.05, 0) is 6.92 Å². The number of carbonyl (C=O) groups excluding carboxylic acids is 2. The summed E-state index contributed by atoms with van der Waals surface area (Å²) in [5.41, 5.74) is 0. The number of nitrogens with zero attached hydrogens (tertiary/aromatic N) is 1. The fourth-order valence-electron chi connectivity index (χ4n) is 0.882. The Hall–Kier alpha value is -1.52. The quantitative estimate of drug-likeness (QED) is 0.475. The van der Waals surface area contributed by atoms with Gasteiger partial charge in [-0.15, -0.1) is 0 Å². The van der Waals surface area contributed by atoms with Crippen LogP contribution < -0.4 is 0 Å². The van der Waals surface area contributed by atoms with Gasteiger partial charge in [-0.25, -0.2) is 9.59 Å². The number of ether oxygens (including phenoxy) is 2. The lowest BCUT2D eigenvalue weighted by molar-refractivity contribution is -0.137. The lowest BCUT2D eigenvalue weighted by Crippen LogP contribution is -2.17. The molecule has 1 heterocycles. The van der Waals surface area contributed by atoms with Crippen LogP contribution in [0.2, 0.25) is 0 Å². The molecular formula is C8H11NO4. The fraction of sp³-hybridized carbons (Fsp3) is 0.500. The third-order valence-electron chi connectivity index (χ3n) is 1.47. The number of rotatable bonds is 3. The van der Waals surface area contributed by atoms with Crippen molar-refractivity contribution in [3.8, 4) is 0 Å². The zero-order valence-electron chi connectivity index (χ0n) is 7.36. The highest BCUT2D eigenvalue weighted by Gasteiger charge is 2.19. The Labute approximate surface area is 75.9 Å². The molecule has 0 N–H and O–H groups in total. The Bertz CT molecular complexity index is 236. The molecular weight excluding hydrogens is 174 g/mol. The molecule has 5 heteroatoms. The molecule has 1 aliphatic rings. The molecule has 0 radical (unpaired) electrons. The van der Waals surface area contributed by atoms with Crippen LogP contribution in [0.25, 0.3) is 0 Å². The molecule has 1 rings (SSSR count). The molecule has 13 heavy (non-hydrogen) atoms.